The number of rotatable bonds is 2. The molecule has 0 aromatic carbocycles. The van der Waals surface area contributed by atoms with Crippen LogP contribution < -0.4 is 5.73 Å². The lowest BCUT2D eigenvalue weighted by Gasteiger charge is -2.35. The highest BCUT2D eigenvalue weighted by Gasteiger charge is 2.26. The molecule has 1 amide bonds. The summed E-state index contributed by atoms with van der Waals surface area (Å²) in [7, 11) is 0. The lowest BCUT2D eigenvalue weighted by molar-refractivity contribution is 0.0607. The van der Waals surface area contributed by atoms with Gasteiger partial charge in [0.25, 0.3) is 5.91 Å². The summed E-state index contributed by atoms with van der Waals surface area (Å²) < 4.78 is 0. The summed E-state index contributed by atoms with van der Waals surface area (Å²) in [5, 5.41) is 0. The van der Waals surface area contributed by atoms with Gasteiger partial charge in [-0.05, 0) is 31.7 Å². The SMILES string of the molecule is CCC1CCCCN1C(=O)c1cncc(N)c1. The molecule has 0 aliphatic carbocycles. The lowest BCUT2D eigenvalue weighted by atomic mass is 9.99. The molecule has 1 aromatic heterocycles. The van der Waals surface area contributed by atoms with Crippen molar-refractivity contribution in [2.45, 2.75) is 38.6 Å². The maximum Gasteiger partial charge on any atom is 0.255 e. The van der Waals surface area contributed by atoms with Crippen molar-refractivity contribution in [2.75, 3.05) is 12.3 Å². The van der Waals surface area contributed by atoms with Gasteiger partial charge in [0.15, 0.2) is 0 Å². The molecule has 0 bridgehead atoms. The third-order valence-corrected chi connectivity index (χ3v) is 3.37. The van der Waals surface area contributed by atoms with E-state index in [0.29, 0.717) is 17.3 Å². The van der Waals surface area contributed by atoms with Gasteiger partial charge in [-0.3, -0.25) is 9.78 Å². The van der Waals surface area contributed by atoms with E-state index in [0.717, 1.165) is 25.8 Å². The molecular weight excluding hydrogens is 214 g/mol. The molecule has 0 spiro atoms. The van der Waals surface area contributed by atoms with Gasteiger partial charge in [0, 0.05) is 25.0 Å². The van der Waals surface area contributed by atoms with Crippen molar-refractivity contribution in [2.24, 2.45) is 0 Å². The Morgan fingerprint density at radius 2 is 2.35 bits per heavy atom. The van der Waals surface area contributed by atoms with Gasteiger partial charge in [-0.2, -0.15) is 0 Å². The number of nitrogens with two attached hydrogens (primary N) is 1. The highest BCUT2D eigenvalue weighted by molar-refractivity contribution is 5.94. The van der Waals surface area contributed by atoms with Crippen molar-refractivity contribution in [3.8, 4) is 0 Å². The van der Waals surface area contributed by atoms with E-state index >= 15 is 0 Å². The third kappa shape index (κ3) is 2.57. The summed E-state index contributed by atoms with van der Waals surface area (Å²) in [5.74, 6) is 0.0661. The van der Waals surface area contributed by atoms with Crippen molar-refractivity contribution < 1.29 is 4.79 Å². The van der Waals surface area contributed by atoms with Crippen molar-refractivity contribution >= 4 is 11.6 Å². The maximum atomic E-state index is 12.4. The molecule has 4 nitrogen and oxygen atoms in total. The highest BCUT2D eigenvalue weighted by atomic mass is 16.2. The minimum atomic E-state index is 0.0661. The molecule has 2 heterocycles. The summed E-state index contributed by atoms with van der Waals surface area (Å²) >= 11 is 0. The van der Waals surface area contributed by atoms with Crippen molar-refractivity contribution in [1.82, 2.24) is 9.88 Å². The first-order valence-electron chi connectivity index (χ1n) is 6.24. The van der Waals surface area contributed by atoms with E-state index in [1.807, 2.05) is 4.90 Å². The minimum absolute atomic E-state index is 0.0661. The third-order valence-electron chi connectivity index (χ3n) is 3.37. The van der Waals surface area contributed by atoms with E-state index in [1.54, 1.807) is 18.5 Å². The number of anilines is 1. The molecule has 1 aromatic rings. The van der Waals surface area contributed by atoms with Gasteiger partial charge >= 0.3 is 0 Å². The number of piperidine rings is 1. The molecule has 1 aliphatic rings. The van der Waals surface area contributed by atoms with E-state index < -0.39 is 0 Å². The van der Waals surface area contributed by atoms with Crippen LogP contribution in [0.4, 0.5) is 5.69 Å². The zero-order chi connectivity index (χ0) is 12.3. The molecule has 4 heteroatoms. The fourth-order valence-electron chi connectivity index (χ4n) is 2.43. The quantitative estimate of drug-likeness (QED) is 0.850. The van der Waals surface area contributed by atoms with Crippen molar-refractivity contribution in [3.63, 3.8) is 0 Å². The number of aromatic nitrogens is 1. The Balaban J connectivity index is 2.18. The number of likely N-dealkylation sites (tertiary alicyclic amines) is 1. The van der Waals surface area contributed by atoms with Gasteiger partial charge in [-0.15, -0.1) is 0 Å². The standard InChI is InChI=1S/C13H19N3O/c1-2-12-5-3-4-6-16(12)13(17)10-7-11(14)9-15-8-10/h7-9,12H,2-6,14H2,1H3. The summed E-state index contributed by atoms with van der Waals surface area (Å²) in [4.78, 5) is 18.3. The Labute approximate surface area is 102 Å². The number of nitrogens with zero attached hydrogens (tertiary/aromatic N) is 2. The zero-order valence-electron chi connectivity index (χ0n) is 10.2. The van der Waals surface area contributed by atoms with Gasteiger partial charge < -0.3 is 10.6 Å². The smallest absolute Gasteiger partial charge is 0.255 e. The Bertz CT molecular complexity index is 405. The topological polar surface area (TPSA) is 59.2 Å². The van der Waals surface area contributed by atoms with E-state index in [2.05, 4.69) is 11.9 Å². The molecule has 1 fully saturated rings. The van der Waals surface area contributed by atoms with Crippen LogP contribution in [0, 0.1) is 0 Å². The van der Waals surface area contributed by atoms with Gasteiger partial charge in [0.05, 0.1) is 11.3 Å². The molecule has 0 radical (unpaired) electrons. The Morgan fingerprint density at radius 3 is 3.06 bits per heavy atom. The van der Waals surface area contributed by atoms with E-state index in [1.165, 1.54) is 6.42 Å². The fraction of sp³-hybridized carbons (Fsp3) is 0.538. The second-order valence-corrected chi connectivity index (χ2v) is 4.56. The van der Waals surface area contributed by atoms with Crippen molar-refractivity contribution in [1.29, 1.82) is 0 Å². The van der Waals surface area contributed by atoms with Crippen LogP contribution in [0.2, 0.25) is 0 Å². The largest absolute Gasteiger partial charge is 0.397 e. The van der Waals surface area contributed by atoms with Crippen LogP contribution in [-0.2, 0) is 0 Å². The van der Waals surface area contributed by atoms with E-state index in [4.69, 9.17) is 5.73 Å². The van der Waals surface area contributed by atoms with Gasteiger partial charge in [0.2, 0.25) is 0 Å². The molecule has 1 atom stereocenters. The summed E-state index contributed by atoms with van der Waals surface area (Å²) in [5.41, 5.74) is 6.80. The second-order valence-electron chi connectivity index (χ2n) is 4.56. The summed E-state index contributed by atoms with van der Waals surface area (Å²) in [6, 6.07) is 2.08. The van der Waals surface area contributed by atoms with Crippen LogP contribution in [-0.4, -0.2) is 28.4 Å². The van der Waals surface area contributed by atoms with Crippen LogP contribution >= 0.6 is 0 Å². The molecule has 17 heavy (non-hydrogen) atoms. The van der Waals surface area contributed by atoms with Gasteiger partial charge in [0.1, 0.15) is 0 Å². The van der Waals surface area contributed by atoms with Crippen LogP contribution in [0.5, 0.6) is 0 Å². The van der Waals surface area contributed by atoms with Crippen LogP contribution in [0.1, 0.15) is 43.0 Å². The molecule has 1 saturated heterocycles. The van der Waals surface area contributed by atoms with Gasteiger partial charge in [-0.25, -0.2) is 0 Å². The number of amides is 1. The highest BCUT2D eigenvalue weighted by Crippen LogP contribution is 2.21. The summed E-state index contributed by atoms with van der Waals surface area (Å²) in [6.45, 7) is 2.99. The molecule has 92 valence electrons. The van der Waals surface area contributed by atoms with Crippen molar-refractivity contribution in [3.05, 3.63) is 24.0 Å². The number of carbonyl (C=O) groups is 1. The molecule has 1 aliphatic heterocycles. The number of nitrogen functional groups attached to an aromatic ring is 1. The molecule has 2 rings (SSSR count). The second kappa shape index (κ2) is 5.17. The first kappa shape index (κ1) is 11.9. The number of hydrogen-bond acceptors (Lipinski definition) is 3. The van der Waals surface area contributed by atoms with E-state index in [9.17, 15) is 4.79 Å². The van der Waals surface area contributed by atoms with Gasteiger partial charge in [-0.1, -0.05) is 6.92 Å². The average Bonchev–Trinajstić information content (AvgIpc) is 2.38. The summed E-state index contributed by atoms with van der Waals surface area (Å²) in [6.07, 6.45) is 7.60. The lowest BCUT2D eigenvalue weighted by Crippen LogP contribution is -2.43. The number of carbonyl (C=O) groups excluding carboxylic acids is 1. The first-order valence-corrected chi connectivity index (χ1v) is 6.24. The predicted molar refractivity (Wildman–Crippen MR) is 67.6 cm³/mol. The molecule has 0 saturated carbocycles. The predicted octanol–water partition coefficient (Wildman–Crippen LogP) is 2.07. The monoisotopic (exact) mass is 233 g/mol. The normalized spacial score (nSPS) is 20.3. The maximum absolute atomic E-state index is 12.4. The van der Waals surface area contributed by atoms with E-state index in [-0.39, 0.29) is 5.91 Å². The first-order chi connectivity index (χ1) is 8.22. The van der Waals surface area contributed by atoms with Crippen LogP contribution in [0.25, 0.3) is 0 Å². The zero-order valence-corrected chi connectivity index (χ0v) is 10.2. The minimum Gasteiger partial charge on any atom is -0.397 e. The Hall–Kier alpha value is -1.58. The molecular formula is C13H19N3O. The fourth-order valence-corrected chi connectivity index (χ4v) is 2.43. The van der Waals surface area contributed by atoms with Crippen LogP contribution in [0.15, 0.2) is 18.5 Å². The average molecular weight is 233 g/mol. The number of hydrogen-bond donors (Lipinski definition) is 1. The number of pyridine rings is 1. The molecule has 2 N–H and O–H groups in total. The molecule has 1 unspecified atom stereocenters. The Kier molecular flexibility index (Phi) is 3.61. The Morgan fingerprint density at radius 1 is 1.53 bits per heavy atom. The van der Waals surface area contributed by atoms with Crippen LogP contribution in [0.3, 0.4) is 0 Å².